The van der Waals surface area contributed by atoms with Crippen LogP contribution in [0.1, 0.15) is 24.2 Å². The van der Waals surface area contributed by atoms with Crippen LogP contribution in [0.3, 0.4) is 0 Å². The summed E-state index contributed by atoms with van der Waals surface area (Å²) in [4.78, 5) is 2.11. The van der Waals surface area contributed by atoms with Gasteiger partial charge in [0.05, 0.1) is 6.10 Å². The van der Waals surface area contributed by atoms with E-state index in [0.717, 1.165) is 17.8 Å². The lowest BCUT2D eigenvalue weighted by atomic mass is 10.1. The van der Waals surface area contributed by atoms with Crippen molar-refractivity contribution < 1.29 is 9.50 Å². The lowest BCUT2D eigenvalue weighted by molar-refractivity contribution is 0.183. The molecule has 0 fully saturated rings. The monoisotopic (exact) mass is 273 g/mol. The first-order valence-electron chi connectivity index (χ1n) is 6.85. The van der Waals surface area contributed by atoms with Gasteiger partial charge in [-0.15, -0.1) is 0 Å². The second kappa shape index (κ2) is 6.53. The molecule has 0 heterocycles. The fourth-order valence-corrected chi connectivity index (χ4v) is 2.24. The number of nitrogens with zero attached hydrogens (tertiary/aromatic N) is 1. The molecule has 106 valence electrons. The maximum absolute atomic E-state index is 12.9. The van der Waals surface area contributed by atoms with Crippen LogP contribution in [0.5, 0.6) is 0 Å². The number of hydrogen-bond donors (Lipinski definition) is 1. The largest absolute Gasteiger partial charge is 0.387 e. The van der Waals surface area contributed by atoms with Gasteiger partial charge in [0.1, 0.15) is 5.82 Å². The summed E-state index contributed by atoms with van der Waals surface area (Å²) in [6, 6.07) is 14.2. The Morgan fingerprint density at radius 1 is 1.15 bits per heavy atom. The smallest absolute Gasteiger partial charge is 0.123 e. The summed E-state index contributed by atoms with van der Waals surface area (Å²) in [5.74, 6) is -0.285. The van der Waals surface area contributed by atoms with Crippen LogP contribution in [-0.4, -0.2) is 18.2 Å². The van der Waals surface area contributed by atoms with E-state index in [-0.39, 0.29) is 5.82 Å². The molecule has 1 unspecified atom stereocenters. The number of aryl methyl sites for hydroxylation is 1. The van der Waals surface area contributed by atoms with E-state index in [9.17, 15) is 9.50 Å². The van der Waals surface area contributed by atoms with Gasteiger partial charge in [0, 0.05) is 18.8 Å². The summed E-state index contributed by atoms with van der Waals surface area (Å²) in [6.45, 7) is 5.40. The zero-order valence-electron chi connectivity index (χ0n) is 11.9. The predicted molar refractivity (Wildman–Crippen MR) is 80.4 cm³/mol. The van der Waals surface area contributed by atoms with Gasteiger partial charge >= 0.3 is 0 Å². The molecule has 0 aromatic heterocycles. The van der Waals surface area contributed by atoms with Crippen LogP contribution >= 0.6 is 0 Å². The molecule has 2 nitrogen and oxygen atoms in total. The Balaban J connectivity index is 2.11. The molecule has 0 aliphatic heterocycles. The summed E-state index contributed by atoms with van der Waals surface area (Å²) >= 11 is 0. The maximum Gasteiger partial charge on any atom is 0.123 e. The summed E-state index contributed by atoms with van der Waals surface area (Å²) < 4.78 is 12.9. The SMILES string of the molecule is CCN(CC(O)c1ccc(F)cc1)c1cccc(C)c1. The number of aliphatic hydroxyl groups is 1. The van der Waals surface area contributed by atoms with E-state index in [1.165, 1.54) is 17.7 Å². The summed E-state index contributed by atoms with van der Waals surface area (Å²) in [5, 5.41) is 10.3. The molecule has 0 spiro atoms. The number of rotatable bonds is 5. The molecule has 0 bridgehead atoms. The highest BCUT2D eigenvalue weighted by atomic mass is 19.1. The Labute approximate surface area is 119 Å². The molecular weight excluding hydrogens is 253 g/mol. The third-order valence-electron chi connectivity index (χ3n) is 3.40. The van der Waals surface area contributed by atoms with E-state index in [4.69, 9.17) is 0 Å². The fourth-order valence-electron chi connectivity index (χ4n) is 2.24. The van der Waals surface area contributed by atoms with Crippen molar-refractivity contribution in [3.63, 3.8) is 0 Å². The van der Waals surface area contributed by atoms with E-state index in [1.54, 1.807) is 12.1 Å². The Hall–Kier alpha value is -1.87. The van der Waals surface area contributed by atoms with Crippen molar-refractivity contribution in [3.05, 3.63) is 65.5 Å². The van der Waals surface area contributed by atoms with Crippen LogP contribution in [0.25, 0.3) is 0 Å². The minimum absolute atomic E-state index is 0.285. The minimum atomic E-state index is -0.629. The van der Waals surface area contributed by atoms with E-state index in [1.807, 2.05) is 25.1 Å². The molecule has 1 N–H and O–H groups in total. The third-order valence-corrected chi connectivity index (χ3v) is 3.40. The van der Waals surface area contributed by atoms with Gasteiger partial charge in [0.15, 0.2) is 0 Å². The van der Waals surface area contributed by atoms with Crippen molar-refractivity contribution in [1.82, 2.24) is 0 Å². The quantitative estimate of drug-likeness (QED) is 0.898. The van der Waals surface area contributed by atoms with Gasteiger partial charge in [-0.1, -0.05) is 24.3 Å². The number of anilines is 1. The van der Waals surface area contributed by atoms with Crippen LogP contribution < -0.4 is 4.90 Å². The fraction of sp³-hybridized carbons (Fsp3) is 0.294. The highest BCUT2D eigenvalue weighted by Gasteiger charge is 2.13. The normalized spacial score (nSPS) is 12.2. The standard InChI is InChI=1S/C17H20FNO/c1-3-19(16-6-4-5-13(2)11-16)12-17(20)14-7-9-15(18)10-8-14/h4-11,17,20H,3,12H2,1-2H3. The third kappa shape index (κ3) is 3.58. The van der Waals surface area contributed by atoms with Gasteiger partial charge in [-0.2, -0.15) is 0 Å². The van der Waals surface area contributed by atoms with Crippen LogP contribution in [0.2, 0.25) is 0 Å². The first-order valence-corrected chi connectivity index (χ1v) is 6.85. The van der Waals surface area contributed by atoms with Crippen molar-refractivity contribution in [3.8, 4) is 0 Å². The number of hydrogen-bond acceptors (Lipinski definition) is 2. The molecule has 0 aliphatic rings. The Bertz CT molecular complexity index is 553. The van der Waals surface area contributed by atoms with E-state index in [2.05, 4.69) is 17.9 Å². The molecule has 2 aromatic rings. The Morgan fingerprint density at radius 3 is 2.45 bits per heavy atom. The van der Waals surface area contributed by atoms with Crippen molar-refractivity contribution in [2.24, 2.45) is 0 Å². The van der Waals surface area contributed by atoms with Crippen molar-refractivity contribution >= 4 is 5.69 Å². The van der Waals surface area contributed by atoms with Crippen molar-refractivity contribution in [1.29, 1.82) is 0 Å². The lowest BCUT2D eigenvalue weighted by Gasteiger charge is -2.26. The second-order valence-corrected chi connectivity index (χ2v) is 4.94. The maximum atomic E-state index is 12.9. The second-order valence-electron chi connectivity index (χ2n) is 4.94. The summed E-state index contributed by atoms with van der Waals surface area (Å²) in [6.07, 6.45) is -0.629. The van der Waals surface area contributed by atoms with Crippen molar-refractivity contribution in [2.75, 3.05) is 18.0 Å². The molecule has 2 rings (SSSR count). The molecule has 20 heavy (non-hydrogen) atoms. The number of benzene rings is 2. The average Bonchev–Trinajstić information content (AvgIpc) is 2.45. The predicted octanol–water partition coefficient (Wildman–Crippen LogP) is 3.69. The summed E-state index contributed by atoms with van der Waals surface area (Å²) in [7, 11) is 0. The Kier molecular flexibility index (Phi) is 4.74. The minimum Gasteiger partial charge on any atom is -0.387 e. The molecule has 0 amide bonds. The van der Waals surface area contributed by atoms with Gasteiger partial charge in [-0.05, 0) is 49.2 Å². The summed E-state index contributed by atoms with van der Waals surface area (Å²) in [5.41, 5.74) is 3.02. The molecule has 0 aliphatic carbocycles. The zero-order chi connectivity index (χ0) is 14.5. The van der Waals surface area contributed by atoms with Crippen LogP contribution in [-0.2, 0) is 0 Å². The number of likely N-dealkylation sites (N-methyl/N-ethyl adjacent to an activating group) is 1. The number of halogens is 1. The topological polar surface area (TPSA) is 23.5 Å². The van der Waals surface area contributed by atoms with Gasteiger partial charge < -0.3 is 10.0 Å². The lowest BCUT2D eigenvalue weighted by Crippen LogP contribution is -2.28. The van der Waals surface area contributed by atoms with E-state index in [0.29, 0.717) is 6.54 Å². The molecule has 0 radical (unpaired) electrons. The first-order chi connectivity index (χ1) is 9.60. The molecule has 2 aromatic carbocycles. The molecule has 0 saturated heterocycles. The molecule has 3 heteroatoms. The van der Waals surface area contributed by atoms with Gasteiger partial charge in [-0.25, -0.2) is 4.39 Å². The van der Waals surface area contributed by atoms with E-state index < -0.39 is 6.10 Å². The average molecular weight is 273 g/mol. The van der Waals surface area contributed by atoms with Crippen LogP contribution in [0, 0.1) is 12.7 Å². The van der Waals surface area contributed by atoms with Crippen LogP contribution in [0.15, 0.2) is 48.5 Å². The van der Waals surface area contributed by atoms with Crippen LogP contribution in [0.4, 0.5) is 10.1 Å². The highest BCUT2D eigenvalue weighted by molar-refractivity contribution is 5.48. The first kappa shape index (κ1) is 14.5. The zero-order valence-corrected chi connectivity index (χ0v) is 11.9. The van der Waals surface area contributed by atoms with Gasteiger partial charge in [0.2, 0.25) is 0 Å². The van der Waals surface area contributed by atoms with E-state index >= 15 is 0 Å². The molecule has 0 saturated carbocycles. The van der Waals surface area contributed by atoms with Crippen molar-refractivity contribution in [2.45, 2.75) is 20.0 Å². The molecular formula is C17H20FNO. The molecule has 1 atom stereocenters. The Morgan fingerprint density at radius 2 is 1.85 bits per heavy atom. The van der Waals surface area contributed by atoms with Gasteiger partial charge in [-0.3, -0.25) is 0 Å². The highest BCUT2D eigenvalue weighted by Crippen LogP contribution is 2.20. The van der Waals surface area contributed by atoms with Gasteiger partial charge in [0.25, 0.3) is 0 Å². The number of aliphatic hydroxyl groups excluding tert-OH is 1.